The first kappa shape index (κ1) is 69.5. The van der Waals surface area contributed by atoms with Crippen LogP contribution in [0.1, 0.15) is 57.2 Å². The summed E-state index contributed by atoms with van der Waals surface area (Å²) < 4.78 is 239. The second-order valence-corrected chi connectivity index (χ2v) is 27.4. The number of carboxylic acids is 1. The van der Waals surface area contributed by atoms with E-state index in [0.29, 0.717) is 12.1 Å². The number of carboxylic acid groups (broad SMARTS) is 1. The Morgan fingerprint density at radius 3 is 1.80 bits per heavy atom. The smallest absolute Gasteiger partial charge is 0.748 e. The fourth-order valence-corrected chi connectivity index (χ4v) is 13.4. The number of anilines is 1. The van der Waals surface area contributed by atoms with Crippen molar-refractivity contribution in [3.05, 3.63) is 119 Å². The summed E-state index contributed by atoms with van der Waals surface area (Å²) in [5.74, 6) is -4.44. The predicted molar refractivity (Wildman–Crippen MR) is 270 cm³/mol. The van der Waals surface area contributed by atoms with E-state index < -0.39 is 121 Å². The van der Waals surface area contributed by atoms with E-state index >= 15 is 4.39 Å². The summed E-state index contributed by atoms with van der Waals surface area (Å²) in [6.45, 7) is 4.86. The van der Waals surface area contributed by atoms with E-state index in [1.165, 1.54) is 64.1 Å². The maximum Gasteiger partial charge on any atom is 1.00 e. The Kier molecular flexibility index (Phi) is 21.6. The molecule has 2 aliphatic rings. The van der Waals surface area contributed by atoms with Gasteiger partial charge in [-0.2, -0.15) is 21.4 Å². The Hall–Kier alpha value is -3.03. The van der Waals surface area contributed by atoms with Crippen molar-refractivity contribution in [2.75, 3.05) is 36.1 Å². The van der Waals surface area contributed by atoms with Gasteiger partial charge in [-0.05, 0) is 114 Å². The number of benzene rings is 5. The second-order valence-electron chi connectivity index (χ2n) is 18.8. The van der Waals surface area contributed by atoms with Crippen LogP contribution in [0.25, 0.3) is 27.1 Å². The maximum atomic E-state index is 15.6. The molecule has 23 nitrogen and oxygen atoms in total. The summed E-state index contributed by atoms with van der Waals surface area (Å²) in [7, 11) is -30.9. The van der Waals surface area contributed by atoms with Crippen LogP contribution in [0.3, 0.4) is 0 Å². The first-order chi connectivity index (χ1) is 35.2. The number of nitrogens with zero attached hydrogens (tertiary/aromatic N) is 2. The molecule has 0 aliphatic carbocycles. The number of rotatable bonds is 19. The molecule has 0 unspecified atom stereocenters. The van der Waals surface area contributed by atoms with Crippen LogP contribution in [0.15, 0.2) is 116 Å². The third-order valence-corrected chi connectivity index (χ3v) is 17.9. The van der Waals surface area contributed by atoms with Crippen molar-refractivity contribution in [1.82, 2.24) is 0 Å². The average Bonchev–Trinajstić information content (AvgIpc) is 3.63. The van der Waals surface area contributed by atoms with Crippen LogP contribution in [0, 0.1) is 5.82 Å². The van der Waals surface area contributed by atoms with E-state index in [1.807, 2.05) is 0 Å². The fourth-order valence-electron chi connectivity index (χ4n) is 9.82. The molecular formula is C47H44FN2Na3O21S6. The fraction of sp³-hybridized carbons (Fsp3) is 0.277. The normalized spacial score (nSPS) is 16.1. The molecule has 0 fully saturated rings. The Bertz CT molecular complexity index is 4220. The predicted octanol–water partition coefficient (Wildman–Crippen LogP) is -4.52. The molecule has 80 heavy (non-hydrogen) atoms. The Morgan fingerprint density at radius 2 is 1.24 bits per heavy atom. The molecule has 0 aromatic heterocycles. The quantitative estimate of drug-likeness (QED) is 0.0303. The zero-order valence-electron chi connectivity index (χ0n) is 43.5. The summed E-state index contributed by atoms with van der Waals surface area (Å²) in [6.07, 6.45) is 4.98. The standard InChI is InChI=1S/C47H47FN2O21S6.3Na/c1-46(2)41(49(15-5-17-72(53,54)55)37-11-9-33-35(44(37)46)22-31(74(59,60)61)24-39(33)76(65,66)67)13-7-27(28-19-29(48)21-30(20-28)71-26-43(51)52)8-14-42-47(3,4)45-36-23-32(75(62,63)64)25-40(77(68,69)70)34(36)10-12-38(45)50(42)16-6-18-73(56,57)58;;;/h7-14,19-25H,5-6,15-18,26H2,1-4H3,(H6-,51,52,53,54,55,56,57,58,59,60,61,62,63,64,65,66,67,68,69,70);;;/q;3*+1/p-3. The zero-order valence-corrected chi connectivity index (χ0v) is 54.4. The summed E-state index contributed by atoms with van der Waals surface area (Å²) in [5, 5.41) is 8.55. The minimum atomic E-state index is -5.46. The van der Waals surface area contributed by atoms with Crippen LogP contribution in [0.4, 0.5) is 15.8 Å². The van der Waals surface area contributed by atoms with Gasteiger partial charge in [0.25, 0.3) is 20.2 Å². The van der Waals surface area contributed by atoms with Crippen molar-refractivity contribution in [1.29, 1.82) is 0 Å². The molecule has 2 aliphatic heterocycles. The van der Waals surface area contributed by atoms with Gasteiger partial charge in [0, 0.05) is 70.4 Å². The molecule has 33 heteroatoms. The largest absolute Gasteiger partial charge is 1.00 e. The molecule has 0 atom stereocenters. The SMILES string of the molecule is CC1(C)C(/C=C/C(=C/C=C2/N(CCCS(=O)(=O)[O-])c3ccc4c(S(=O)(=O)[O-])cc(S(=O)(=O)[O-])cc4c3C2(C)C)c2cc(F)cc(OCC(=O)O)c2)=[N+](CCCS(=O)(=O)[O-])c2ccc3c(S(=O)(=O)O)cc(S(=O)(=O)O)cc3c21.[Na+].[Na+].[Na+]. The summed E-state index contributed by atoms with van der Waals surface area (Å²) in [5.41, 5.74) is -1.74. The number of carbonyl (C=O) groups is 1. The number of ether oxygens (including phenoxy) is 1. The van der Waals surface area contributed by atoms with Gasteiger partial charge in [0.2, 0.25) is 5.69 Å². The molecule has 414 valence electrons. The number of aliphatic carboxylic acids is 1. The molecule has 3 N–H and O–H groups in total. The average molecular weight is 1250 g/mol. The van der Waals surface area contributed by atoms with Crippen LogP contribution in [-0.2, 0) is 76.3 Å². The topological polar surface area (TPSA) is 390 Å². The van der Waals surface area contributed by atoms with Gasteiger partial charge in [-0.25, -0.2) is 42.9 Å². The molecule has 0 saturated heterocycles. The van der Waals surface area contributed by atoms with E-state index in [9.17, 15) is 87.7 Å². The van der Waals surface area contributed by atoms with Crippen molar-refractivity contribution in [3.63, 3.8) is 0 Å². The molecule has 0 bridgehead atoms. The maximum absolute atomic E-state index is 15.6. The van der Waals surface area contributed by atoms with Gasteiger partial charge in [0.05, 0.1) is 40.3 Å². The summed E-state index contributed by atoms with van der Waals surface area (Å²) >= 11 is 0. The first-order valence-corrected chi connectivity index (χ1v) is 31.2. The molecule has 0 saturated carbocycles. The van der Waals surface area contributed by atoms with Crippen molar-refractivity contribution >= 4 is 111 Å². The molecule has 0 spiro atoms. The molecule has 0 amide bonds. The minimum absolute atomic E-state index is 0. The number of hydrogen-bond donors (Lipinski definition) is 3. The Morgan fingerprint density at radius 1 is 0.675 bits per heavy atom. The van der Waals surface area contributed by atoms with Crippen LogP contribution < -0.4 is 98.3 Å². The second kappa shape index (κ2) is 24.9. The minimum Gasteiger partial charge on any atom is -0.748 e. The number of halogens is 1. The van der Waals surface area contributed by atoms with Gasteiger partial charge < -0.3 is 33.0 Å². The van der Waals surface area contributed by atoms with Crippen LogP contribution in [-0.4, -0.2) is 130 Å². The Balaban J connectivity index is 0.00000459. The third-order valence-electron chi connectivity index (χ3n) is 12.9. The van der Waals surface area contributed by atoms with Gasteiger partial charge in [0.15, 0.2) is 12.3 Å². The first-order valence-electron chi connectivity index (χ1n) is 22.3. The molecular weight excluding hydrogens is 1210 g/mol. The van der Waals surface area contributed by atoms with E-state index in [1.54, 1.807) is 27.7 Å². The summed E-state index contributed by atoms with van der Waals surface area (Å²) in [4.78, 5) is 9.04. The van der Waals surface area contributed by atoms with E-state index in [-0.39, 0.29) is 187 Å². The van der Waals surface area contributed by atoms with Gasteiger partial charge in [-0.15, -0.1) is 0 Å². The number of fused-ring (bicyclic) bond motifs is 6. The Labute approximate surface area is 527 Å². The van der Waals surface area contributed by atoms with Gasteiger partial charge in [-0.3, -0.25) is 9.11 Å². The number of allylic oxidation sites excluding steroid dienone is 6. The van der Waals surface area contributed by atoms with E-state index in [0.717, 1.165) is 24.3 Å². The molecule has 5 aromatic carbocycles. The van der Waals surface area contributed by atoms with Crippen LogP contribution in [0.5, 0.6) is 5.75 Å². The molecule has 7 rings (SSSR count). The molecule has 5 aromatic rings. The summed E-state index contributed by atoms with van der Waals surface area (Å²) in [6, 6.07) is 11.0. The van der Waals surface area contributed by atoms with Crippen LogP contribution >= 0.6 is 0 Å². The number of hydrogen-bond acceptors (Lipinski definition) is 19. The van der Waals surface area contributed by atoms with Crippen molar-refractivity contribution in [3.8, 4) is 5.75 Å². The zero-order chi connectivity index (χ0) is 57.4. The molecule has 0 radical (unpaired) electrons. The van der Waals surface area contributed by atoms with Crippen LogP contribution in [0.2, 0.25) is 0 Å². The van der Waals surface area contributed by atoms with Crippen molar-refractivity contribution in [2.45, 2.75) is 70.9 Å². The van der Waals surface area contributed by atoms with Gasteiger partial charge >= 0.3 is 94.6 Å². The monoisotopic (exact) mass is 1250 g/mol. The van der Waals surface area contributed by atoms with Crippen molar-refractivity contribution < 1.29 is 190 Å². The van der Waals surface area contributed by atoms with Crippen molar-refractivity contribution in [2.24, 2.45) is 0 Å². The van der Waals surface area contributed by atoms with Gasteiger partial charge in [0.1, 0.15) is 43.2 Å². The third kappa shape index (κ3) is 15.3. The molecule has 2 heterocycles. The van der Waals surface area contributed by atoms with Gasteiger partial charge in [-0.1, -0.05) is 26.0 Å². The van der Waals surface area contributed by atoms with E-state index in [4.69, 9.17) is 4.74 Å². The van der Waals surface area contributed by atoms with E-state index in [2.05, 4.69) is 0 Å².